The highest BCUT2D eigenvalue weighted by Gasteiger charge is 2.24. The van der Waals surface area contributed by atoms with E-state index in [-0.39, 0.29) is 0 Å². The van der Waals surface area contributed by atoms with Crippen LogP contribution >= 0.6 is 0 Å². The zero-order valence-electron chi connectivity index (χ0n) is 28.1. The highest BCUT2D eigenvalue weighted by molar-refractivity contribution is 5.75. The Morgan fingerprint density at radius 3 is 1.70 bits per heavy atom. The third-order valence-corrected chi connectivity index (χ3v) is 10.2. The van der Waals surface area contributed by atoms with Gasteiger partial charge in [-0.15, -0.1) is 0 Å². The van der Waals surface area contributed by atoms with Crippen LogP contribution < -0.4 is 14.0 Å². The van der Waals surface area contributed by atoms with Gasteiger partial charge in [0.25, 0.3) is 0 Å². The monoisotopic (exact) mass is 581 g/mol. The molecule has 0 atom stereocenters. The molecule has 2 aromatic heterocycles. The fourth-order valence-electron chi connectivity index (χ4n) is 7.02. The summed E-state index contributed by atoms with van der Waals surface area (Å²) in [4.78, 5) is 2.50. The summed E-state index contributed by atoms with van der Waals surface area (Å²) in [7, 11) is 2.16. The third-order valence-electron chi connectivity index (χ3n) is 10.2. The van der Waals surface area contributed by atoms with Crippen molar-refractivity contribution in [1.82, 2.24) is 0 Å². The Balaban J connectivity index is 1.24. The molecule has 0 amide bonds. The van der Waals surface area contributed by atoms with Crippen LogP contribution in [0.2, 0.25) is 0 Å². The lowest BCUT2D eigenvalue weighted by Gasteiger charge is -2.34. The molecule has 1 aliphatic heterocycles. The van der Waals surface area contributed by atoms with Gasteiger partial charge in [0.05, 0.1) is 0 Å². The molecule has 3 aromatic carbocycles. The first-order chi connectivity index (χ1) is 21.0. The van der Waals surface area contributed by atoms with Gasteiger partial charge in [0.1, 0.15) is 7.05 Å². The van der Waals surface area contributed by atoms with E-state index >= 15 is 0 Å². The molecular weight excluding hydrogens is 534 g/mol. The minimum atomic E-state index is 0.862. The van der Waals surface area contributed by atoms with Crippen LogP contribution in [-0.2, 0) is 33.0 Å². The number of pyridine rings is 2. The fraction of sp³-hybridized carbons (Fsp3) is 0.317. The van der Waals surface area contributed by atoms with Crippen molar-refractivity contribution in [2.45, 2.75) is 81.3 Å². The van der Waals surface area contributed by atoms with Crippen molar-refractivity contribution in [2.75, 3.05) is 4.90 Å². The van der Waals surface area contributed by atoms with Crippen molar-refractivity contribution < 1.29 is 9.13 Å². The van der Waals surface area contributed by atoms with Crippen molar-refractivity contribution >= 4 is 11.4 Å². The Morgan fingerprint density at radius 2 is 1.11 bits per heavy atom. The molecule has 44 heavy (non-hydrogen) atoms. The normalized spacial score (nSPS) is 12.3. The molecule has 0 bridgehead atoms. The number of aromatic nitrogens is 2. The topological polar surface area (TPSA) is 11.0 Å². The molecule has 5 aromatic rings. The van der Waals surface area contributed by atoms with Crippen LogP contribution in [0.5, 0.6) is 0 Å². The average Bonchev–Trinajstić information content (AvgIpc) is 2.99. The van der Waals surface area contributed by atoms with Gasteiger partial charge >= 0.3 is 0 Å². The number of benzene rings is 3. The van der Waals surface area contributed by atoms with Crippen LogP contribution in [0.4, 0.5) is 11.4 Å². The van der Waals surface area contributed by atoms with E-state index in [1.807, 2.05) is 0 Å². The Bertz CT molecular complexity index is 1840. The molecule has 0 saturated carbocycles. The van der Waals surface area contributed by atoms with Crippen molar-refractivity contribution in [2.24, 2.45) is 7.05 Å². The second kappa shape index (κ2) is 11.7. The molecule has 0 fully saturated rings. The van der Waals surface area contributed by atoms with Gasteiger partial charge < -0.3 is 4.90 Å². The average molecular weight is 582 g/mol. The van der Waals surface area contributed by atoms with Crippen LogP contribution in [0, 0.1) is 55.4 Å². The molecule has 3 heteroatoms. The van der Waals surface area contributed by atoms with Crippen molar-refractivity contribution in [3.63, 3.8) is 0 Å². The smallest absolute Gasteiger partial charge is 0.181 e. The lowest BCUT2D eigenvalue weighted by Crippen LogP contribution is -2.42. The number of nitrogens with zero attached hydrogens (tertiary/aromatic N) is 3. The van der Waals surface area contributed by atoms with Crippen LogP contribution in [0.1, 0.15) is 78.4 Å². The van der Waals surface area contributed by atoms with Crippen LogP contribution in [0.15, 0.2) is 72.8 Å². The number of fused-ring (bicyclic) bond motifs is 2. The zero-order chi connectivity index (χ0) is 31.3. The Labute approximate surface area is 264 Å². The van der Waals surface area contributed by atoms with E-state index < -0.39 is 0 Å². The number of anilines is 2. The molecule has 0 saturated heterocycles. The zero-order valence-corrected chi connectivity index (χ0v) is 28.1. The molecule has 0 aliphatic carbocycles. The summed E-state index contributed by atoms with van der Waals surface area (Å²) in [6.45, 7) is 19.6. The molecule has 6 rings (SSSR count). The van der Waals surface area contributed by atoms with Crippen LogP contribution in [0.3, 0.4) is 0 Å². The first-order valence-electron chi connectivity index (χ1n) is 16.0. The fourth-order valence-corrected chi connectivity index (χ4v) is 7.02. The number of aryl methyl sites for hydroxylation is 4. The van der Waals surface area contributed by atoms with Gasteiger partial charge in [0.2, 0.25) is 0 Å². The molecule has 3 nitrogen and oxygen atoms in total. The minimum Gasteiger partial charge on any atom is -0.337 e. The van der Waals surface area contributed by atoms with Gasteiger partial charge in [-0.1, -0.05) is 59.7 Å². The summed E-state index contributed by atoms with van der Waals surface area (Å²) < 4.78 is 4.77. The van der Waals surface area contributed by atoms with Gasteiger partial charge in [-0.05, 0) is 74.1 Å². The lowest BCUT2D eigenvalue weighted by molar-refractivity contribution is -0.700. The molecule has 0 spiro atoms. The number of rotatable bonds is 6. The lowest BCUT2D eigenvalue weighted by atomic mass is 9.92. The standard InChI is InChI=1S/C41H47N3/c1-26-10-16-40-38(18-26)23-39-19-27(2)11-17-41(39)44(40)25-35-14-12-34(13-15-35)24-43-29(4)21-37(31(6)33(43)8)22-36-20-28(3)42(9)32(7)30(36)5/h10-21H,22-25H2,1-9H3/q+2. The summed E-state index contributed by atoms with van der Waals surface area (Å²) in [5.74, 6) is 0. The number of hydrogen-bond donors (Lipinski definition) is 0. The SMILES string of the molecule is Cc1ccc2c(c1)Cc1cc(C)ccc1N2Cc1ccc(C[n+]2c(C)cc(Cc3cc(C)[n+](C)c(C)c3C)c(C)c2C)cc1. The molecular formula is C41H47N3+2. The largest absolute Gasteiger partial charge is 0.337 e. The van der Waals surface area contributed by atoms with E-state index in [2.05, 4.69) is 149 Å². The minimum absolute atomic E-state index is 0.862. The summed E-state index contributed by atoms with van der Waals surface area (Å²) in [5, 5.41) is 0. The van der Waals surface area contributed by atoms with E-state index in [4.69, 9.17) is 0 Å². The predicted molar refractivity (Wildman–Crippen MR) is 182 cm³/mol. The highest BCUT2D eigenvalue weighted by atomic mass is 15.1. The van der Waals surface area contributed by atoms with Crippen molar-refractivity contribution in [3.05, 3.63) is 151 Å². The quantitative estimate of drug-likeness (QED) is 0.184. The van der Waals surface area contributed by atoms with Gasteiger partial charge in [-0.25, -0.2) is 4.57 Å². The summed E-state index contributed by atoms with van der Waals surface area (Å²) in [6.07, 6.45) is 1.97. The molecule has 0 N–H and O–H groups in total. The van der Waals surface area contributed by atoms with Gasteiger partial charge in [-0.2, -0.15) is 4.57 Å². The van der Waals surface area contributed by atoms with Crippen LogP contribution in [-0.4, -0.2) is 0 Å². The summed E-state index contributed by atoms with van der Waals surface area (Å²) in [5.41, 5.74) is 21.8. The maximum Gasteiger partial charge on any atom is 0.181 e. The van der Waals surface area contributed by atoms with E-state index in [9.17, 15) is 0 Å². The van der Waals surface area contributed by atoms with Crippen molar-refractivity contribution in [1.29, 1.82) is 0 Å². The third kappa shape index (κ3) is 5.56. The molecule has 224 valence electrons. The summed E-state index contributed by atoms with van der Waals surface area (Å²) in [6, 6.07) is 27.8. The summed E-state index contributed by atoms with van der Waals surface area (Å²) >= 11 is 0. The maximum absolute atomic E-state index is 2.50. The Morgan fingerprint density at radius 1 is 0.591 bits per heavy atom. The Hall–Kier alpha value is -4.24. The van der Waals surface area contributed by atoms with Gasteiger partial charge in [0, 0.05) is 80.9 Å². The van der Waals surface area contributed by atoms with Crippen LogP contribution in [0.25, 0.3) is 0 Å². The molecule has 3 heterocycles. The van der Waals surface area contributed by atoms with E-state index in [1.165, 1.54) is 89.8 Å². The highest BCUT2D eigenvalue weighted by Crippen LogP contribution is 2.40. The van der Waals surface area contributed by atoms with Crippen molar-refractivity contribution in [3.8, 4) is 0 Å². The van der Waals surface area contributed by atoms with E-state index in [0.29, 0.717) is 0 Å². The second-order valence-corrected chi connectivity index (χ2v) is 13.2. The van der Waals surface area contributed by atoms with E-state index in [0.717, 1.165) is 25.9 Å². The number of hydrogen-bond acceptors (Lipinski definition) is 1. The Kier molecular flexibility index (Phi) is 7.92. The van der Waals surface area contributed by atoms with Gasteiger partial charge in [0.15, 0.2) is 29.3 Å². The first-order valence-corrected chi connectivity index (χ1v) is 16.0. The first kappa shape index (κ1) is 29.8. The molecule has 1 aliphatic rings. The van der Waals surface area contributed by atoms with Gasteiger partial charge in [-0.3, -0.25) is 0 Å². The predicted octanol–water partition coefficient (Wildman–Crippen LogP) is 8.15. The molecule has 0 radical (unpaired) electrons. The second-order valence-electron chi connectivity index (χ2n) is 13.2. The van der Waals surface area contributed by atoms with E-state index in [1.54, 1.807) is 0 Å². The molecule has 0 unspecified atom stereocenters. The maximum atomic E-state index is 2.50.